The molecule has 0 radical (unpaired) electrons. The number of nitrogens with zero attached hydrogens (tertiary/aromatic N) is 2. The third kappa shape index (κ3) is 1.69. The average Bonchev–Trinajstić information content (AvgIpc) is 2.65. The summed E-state index contributed by atoms with van der Waals surface area (Å²) in [5, 5.41) is 0. The van der Waals surface area contributed by atoms with Gasteiger partial charge < -0.3 is 4.57 Å². The van der Waals surface area contributed by atoms with Crippen LogP contribution in [0.3, 0.4) is 0 Å². The van der Waals surface area contributed by atoms with E-state index in [1.807, 2.05) is 0 Å². The highest BCUT2D eigenvalue weighted by Crippen LogP contribution is 2.42. The fourth-order valence-electron chi connectivity index (χ4n) is 2.73. The summed E-state index contributed by atoms with van der Waals surface area (Å²) in [7, 11) is 0. The summed E-state index contributed by atoms with van der Waals surface area (Å²) >= 11 is 9.18. The molecule has 1 heterocycles. The second kappa shape index (κ2) is 4.20. The molecule has 1 aromatic carbocycles. The first-order valence-electron chi connectivity index (χ1n) is 5.98. The molecule has 3 rings (SSSR count). The first-order valence-corrected chi connectivity index (χ1v) is 7.31. The molecule has 1 aliphatic carbocycles. The number of rotatable bonds is 2. The Bertz CT molecular complexity index is 619. The Morgan fingerprint density at radius 3 is 2.78 bits per heavy atom. The van der Waals surface area contributed by atoms with Gasteiger partial charge in [-0.25, -0.2) is 9.37 Å². The number of imidazole rings is 1. The molecule has 2 aromatic rings. The van der Waals surface area contributed by atoms with Gasteiger partial charge in [0.1, 0.15) is 11.6 Å². The second-order valence-electron chi connectivity index (χ2n) is 5.10. The van der Waals surface area contributed by atoms with Crippen molar-refractivity contribution in [2.24, 2.45) is 0 Å². The van der Waals surface area contributed by atoms with E-state index in [1.54, 1.807) is 12.1 Å². The van der Waals surface area contributed by atoms with Crippen LogP contribution < -0.4 is 0 Å². The average molecular weight is 332 g/mol. The van der Waals surface area contributed by atoms with Crippen molar-refractivity contribution in [2.45, 2.75) is 37.6 Å². The Hall–Kier alpha value is -0.610. The minimum atomic E-state index is -0.257. The normalized spacial score (nSPS) is 18.0. The van der Waals surface area contributed by atoms with E-state index >= 15 is 0 Å². The molecule has 1 aromatic heterocycles. The fraction of sp³-hybridized carbons (Fsp3) is 0.462. The maximum atomic E-state index is 13.7. The Morgan fingerprint density at radius 2 is 2.22 bits per heavy atom. The summed E-state index contributed by atoms with van der Waals surface area (Å²) in [6.45, 7) is 2.19. The van der Waals surface area contributed by atoms with E-state index in [0.717, 1.165) is 29.7 Å². The predicted molar refractivity (Wildman–Crippen MR) is 74.4 cm³/mol. The Balaban J connectivity index is 2.30. The largest absolute Gasteiger partial charge is 0.321 e. The maximum absolute atomic E-state index is 13.7. The van der Waals surface area contributed by atoms with Gasteiger partial charge in [-0.15, -0.1) is 11.6 Å². The number of benzene rings is 1. The quantitative estimate of drug-likeness (QED) is 0.737. The zero-order chi connectivity index (χ0) is 12.9. The summed E-state index contributed by atoms with van der Waals surface area (Å²) in [6, 6.07) is 3.27. The smallest absolute Gasteiger partial charge is 0.139 e. The number of alkyl halides is 1. The van der Waals surface area contributed by atoms with Crippen LogP contribution in [0.4, 0.5) is 4.39 Å². The van der Waals surface area contributed by atoms with Crippen LogP contribution in [0.1, 0.15) is 32.0 Å². The van der Waals surface area contributed by atoms with Gasteiger partial charge >= 0.3 is 0 Å². The van der Waals surface area contributed by atoms with E-state index in [2.05, 4.69) is 32.4 Å². The van der Waals surface area contributed by atoms with Crippen molar-refractivity contribution < 1.29 is 4.39 Å². The number of aromatic nitrogens is 2. The fourth-order valence-corrected chi connectivity index (χ4v) is 3.24. The van der Waals surface area contributed by atoms with Crippen LogP contribution in [0.15, 0.2) is 16.6 Å². The lowest BCUT2D eigenvalue weighted by molar-refractivity contribution is 0.170. The van der Waals surface area contributed by atoms with Gasteiger partial charge in [-0.2, -0.15) is 0 Å². The summed E-state index contributed by atoms with van der Waals surface area (Å²) in [4.78, 5) is 4.52. The molecule has 5 heteroatoms. The van der Waals surface area contributed by atoms with Crippen molar-refractivity contribution >= 4 is 38.6 Å². The topological polar surface area (TPSA) is 17.8 Å². The first-order chi connectivity index (χ1) is 8.55. The highest BCUT2D eigenvalue weighted by atomic mass is 79.9. The highest BCUT2D eigenvalue weighted by Gasteiger charge is 2.36. The van der Waals surface area contributed by atoms with Crippen LogP contribution in [-0.4, -0.2) is 9.55 Å². The molecule has 0 aliphatic heterocycles. The Kier molecular flexibility index (Phi) is 2.90. The summed E-state index contributed by atoms with van der Waals surface area (Å²) < 4.78 is 16.3. The van der Waals surface area contributed by atoms with Crippen molar-refractivity contribution in [1.29, 1.82) is 0 Å². The molecule has 1 fully saturated rings. The highest BCUT2D eigenvalue weighted by molar-refractivity contribution is 9.10. The molecule has 0 saturated heterocycles. The zero-order valence-corrected chi connectivity index (χ0v) is 12.4. The molecule has 0 spiro atoms. The molecule has 0 atom stereocenters. The molecular weight excluding hydrogens is 319 g/mol. The molecule has 1 aliphatic rings. The van der Waals surface area contributed by atoms with Gasteiger partial charge in [0.2, 0.25) is 0 Å². The molecule has 2 nitrogen and oxygen atoms in total. The number of hydrogen-bond acceptors (Lipinski definition) is 1. The maximum Gasteiger partial charge on any atom is 0.139 e. The van der Waals surface area contributed by atoms with Crippen molar-refractivity contribution in [3.05, 3.63) is 28.2 Å². The van der Waals surface area contributed by atoms with Crippen LogP contribution in [0.5, 0.6) is 0 Å². The summed E-state index contributed by atoms with van der Waals surface area (Å²) in [5.74, 6) is 0.919. The molecule has 0 unspecified atom stereocenters. The van der Waals surface area contributed by atoms with Crippen LogP contribution in [0, 0.1) is 5.82 Å². The minimum absolute atomic E-state index is 0.0409. The zero-order valence-electron chi connectivity index (χ0n) is 10.0. The van der Waals surface area contributed by atoms with Gasteiger partial charge in [0.15, 0.2) is 0 Å². The van der Waals surface area contributed by atoms with Gasteiger partial charge in [0.25, 0.3) is 0 Å². The monoisotopic (exact) mass is 330 g/mol. The minimum Gasteiger partial charge on any atom is -0.321 e. The SMILES string of the molecule is CC1(n2c(CCl)nc3cc(Br)c(F)cc32)CCC1. The van der Waals surface area contributed by atoms with Crippen molar-refractivity contribution in [3.63, 3.8) is 0 Å². The molecule has 0 amide bonds. The summed E-state index contributed by atoms with van der Waals surface area (Å²) in [5.41, 5.74) is 1.68. The van der Waals surface area contributed by atoms with E-state index in [4.69, 9.17) is 11.6 Å². The molecule has 0 N–H and O–H groups in total. The number of halogens is 3. The van der Waals surface area contributed by atoms with Gasteiger partial charge in [-0.1, -0.05) is 0 Å². The molecule has 1 saturated carbocycles. The third-order valence-electron chi connectivity index (χ3n) is 3.86. The van der Waals surface area contributed by atoms with E-state index in [1.165, 1.54) is 6.42 Å². The lowest BCUT2D eigenvalue weighted by Crippen LogP contribution is -2.38. The van der Waals surface area contributed by atoms with Crippen LogP contribution in [-0.2, 0) is 11.4 Å². The van der Waals surface area contributed by atoms with Gasteiger partial charge in [-0.05, 0) is 48.2 Å². The van der Waals surface area contributed by atoms with Crippen LogP contribution >= 0.6 is 27.5 Å². The molecule has 0 bridgehead atoms. The first kappa shape index (κ1) is 12.4. The molecule has 18 heavy (non-hydrogen) atoms. The lowest BCUT2D eigenvalue weighted by Gasteiger charge is -2.41. The van der Waals surface area contributed by atoms with Gasteiger partial charge in [0.05, 0.1) is 21.4 Å². The van der Waals surface area contributed by atoms with Crippen molar-refractivity contribution in [1.82, 2.24) is 9.55 Å². The van der Waals surface area contributed by atoms with E-state index < -0.39 is 0 Å². The Morgan fingerprint density at radius 1 is 1.50 bits per heavy atom. The van der Waals surface area contributed by atoms with E-state index in [9.17, 15) is 4.39 Å². The second-order valence-corrected chi connectivity index (χ2v) is 6.22. The van der Waals surface area contributed by atoms with Crippen molar-refractivity contribution in [3.8, 4) is 0 Å². The van der Waals surface area contributed by atoms with Crippen LogP contribution in [0.25, 0.3) is 11.0 Å². The van der Waals surface area contributed by atoms with Gasteiger partial charge in [0, 0.05) is 11.6 Å². The standard InChI is InChI=1S/C13H13BrClFN2/c1-13(3-2-4-13)18-11-6-9(16)8(14)5-10(11)17-12(18)7-15/h5-6H,2-4,7H2,1H3. The molecular formula is C13H13BrClFN2. The lowest BCUT2D eigenvalue weighted by atomic mass is 9.78. The van der Waals surface area contributed by atoms with Crippen molar-refractivity contribution in [2.75, 3.05) is 0 Å². The number of fused-ring (bicyclic) bond motifs is 1. The third-order valence-corrected chi connectivity index (χ3v) is 4.70. The Labute approximate surface area is 118 Å². The predicted octanol–water partition coefficient (Wildman–Crippen LogP) is 4.58. The van der Waals surface area contributed by atoms with E-state index in [-0.39, 0.29) is 11.4 Å². The van der Waals surface area contributed by atoms with Gasteiger partial charge in [-0.3, -0.25) is 0 Å². The molecule has 96 valence electrons. The summed E-state index contributed by atoms with van der Waals surface area (Å²) in [6.07, 6.45) is 3.40. The van der Waals surface area contributed by atoms with E-state index in [0.29, 0.717) is 10.4 Å². The number of hydrogen-bond donors (Lipinski definition) is 0. The van der Waals surface area contributed by atoms with Crippen LogP contribution in [0.2, 0.25) is 0 Å².